The third-order valence-corrected chi connectivity index (χ3v) is 3.11. The molecular formula is C15H22N2O2. The zero-order valence-electron chi connectivity index (χ0n) is 11.9. The molecule has 4 heteroatoms. The molecule has 19 heavy (non-hydrogen) atoms. The van der Waals surface area contributed by atoms with Crippen LogP contribution in [0.4, 0.5) is 0 Å². The largest absolute Gasteiger partial charge is 0.495 e. The first-order valence-electron chi connectivity index (χ1n) is 6.41. The topological polar surface area (TPSA) is 65.3 Å². The molecule has 4 nitrogen and oxygen atoms in total. The molecule has 0 atom stereocenters. The molecule has 0 saturated carbocycles. The van der Waals surface area contributed by atoms with Gasteiger partial charge in [0.15, 0.2) is 0 Å². The Bertz CT molecular complexity index is 450. The number of hydrogen-bond donors (Lipinski definition) is 2. The number of hydrogen-bond acceptors (Lipinski definition) is 4. The van der Waals surface area contributed by atoms with Gasteiger partial charge in [0.1, 0.15) is 11.8 Å². The van der Waals surface area contributed by atoms with Crippen LogP contribution in [0.3, 0.4) is 0 Å². The second kappa shape index (κ2) is 7.13. The van der Waals surface area contributed by atoms with Crippen molar-refractivity contribution in [1.29, 1.82) is 5.26 Å². The zero-order chi connectivity index (χ0) is 14.3. The molecule has 2 N–H and O–H groups in total. The van der Waals surface area contributed by atoms with Crippen molar-refractivity contribution < 1.29 is 9.84 Å². The van der Waals surface area contributed by atoms with E-state index in [9.17, 15) is 0 Å². The minimum atomic E-state index is 0.0748. The summed E-state index contributed by atoms with van der Waals surface area (Å²) >= 11 is 0. The van der Waals surface area contributed by atoms with Crippen molar-refractivity contribution in [2.75, 3.05) is 20.3 Å². The number of aliphatic hydroxyl groups is 1. The molecule has 0 bridgehead atoms. The molecule has 0 aliphatic carbocycles. The van der Waals surface area contributed by atoms with E-state index in [1.165, 1.54) is 0 Å². The molecule has 0 radical (unpaired) electrons. The highest BCUT2D eigenvalue weighted by molar-refractivity contribution is 5.45. The Morgan fingerprint density at radius 3 is 2.74 bits per heavy atom. The lowest BCUT2D eigenvalue weighted by Gasteiger charge is -2.24. The van der Waals surface area contributed by atoms with Crippen LogP contribution in [0.1, 0.15) is 31.4 Å². The molecule has 0 aliphatic rings. The van der Waals surface area contributed by atoms with E-state index in [1.807, 2.05) is 12.1 Å². The van der Waals surface area contributed by atoms with E-state index in [-0.39, 0.29) is 12.0 Å². The van der Waals surface area contributed by atoms with Crippen LogP contribution in [0.25, 0.3) is 0 Å². The van der Waals surface area contributed by atoms with Crippen LogP contribution < -0.4 is 10.1 Å². The lowest BCUT2D eigenvalue weighted by Crippen LogP contribution is -2.29. The fourth-order valence-corrected chi connectivity index (χ4v) is 1.87. The smallest absolute Gasteiger partial charge is 0.136 e. The number of benzene rings is 1. The average molecular weight is 262 g/mol. The summed E-state index contributed by atoms with van der Waals surface area (Å²) in [4.78, 5) is 0. The van der Waals surface area contributed by atoms with Gasteiger partial charge >= 0.3 is 0 Å². The van der Waals surface area contributed by atoms with Gasteiger partial charge in [-0.25, -0.2) is 0 Å². The minimum Gasteiger partial charge on any atom is -0.495 e. The first-order valence-corrected chi connectivity index (χ1v) is 6.41. The molecule has 104 valence electrons. The summed E-state index contributed by atoms with van der Waals surface area (Å²) in [7, 11) is 1.57. The summed E-state index contributed by atoms with van der Waals surface area (Å²) in [5.74, 6) is 0.608. The summed E-state index contributed by atoms with van der Waals surface area (Å²) in [6, 6.07) is 7.67. The summed E-state index contributed by atoms with van der Waals surface area (Å²) in [6.45, 7) is 6.00. The molecule has 0 aromatic heterocycles. The summed E-state index contributed by atoms with van der Waals surface area (Å²) in [5, 5.41) is 21.2. The SMILES string of the molecule is COc1cc(CNCC(C)(C)CCO)ccc1C#N. The highest BCUT2D eigenvalue weighted by Crippen LogP contribution is 2.20. The molecule has 1 rings (SSSR count). The maximum absolute atomic E-state index is 8.97. The normalized spacial score (nSPS) is 11.1. The maximum Gasteiger partial charge on any atom is 0.136 e. The second-order valence-electron chi connectivity index (χ2n) is 5.39. The number of rotatable bonds is 7. The van der Waals surface area contributed by atoms with Crippen LogP contribution >= 0.6 is 0 Å². The number of ether oxygens (including phenoxy) is 1. The van der Waals surface area contributed by atoms with E-state index in [0.717, 1.165) is 25.1 Å². The van der Waals surface area contributed by atoms with Crippen molar-refractivity contribution in [2.24, 2.45) is 5.41 Å². The van der Waals surface area contributed by atoms with Gasteiger partial charge in [-0.15, -0.1) is 0 Å². The molecule has 0 aliphatic heterocycles. The van der Waals surface area contributed by atoms with Crippen molar-refractivity contribution in [3.05, 3.63) is 29.3 Å². The van der Waals surface area contributed by atoms with Crippen molar-refractivity contribution in [2.45, 2.75) is 26.8 Å². The highest BCUT2D eigenvalue weighted by Gasteiger charge is 2.16. The van der Waals surface area contributed by atoms with Crippen LogP contribution in [0.15, 0.2) is 18.2 Å². The predicted octanol–water partition coefficient (Wildman–Crippen LogP) is 2.07. The third kappa shape index (κ3) is 4.90. The third-order valence-electron chi connectivity index (χ3n) is 3.11. The Morgan fingerprint density at radius 2 is 2.16 bits per heavy atom. The van der Waals surface area contributed by atoms with Gasteiger partial charge in [0.05, 0.1) is 12.7 Å². The number of nitrogens with one attached hydrogen (secondary N) is 1. The summed E-state index contributed by atoms with van der Waals surface area (Å²) in [5.41, 5.74) is 1.70. The first kappa shape index (κ1) is 15.5. The quantitative estimate of drug-likeness (QED) is 0.789. The zero-order valence-corrected chi connectivity index (χ0v) is 11.9. The Balaban J connectivity index is 2.57. The molecule has 0 heterocycles. The van der Waals surface area contributed by atoms with E-state index >= 15 is 0 Å². The molecule has 0 spiro atoms. The summed E-state index contributed by atoms with van der Waals surface area (Å²) < 4.78 is 5.18. The average Bonchev–Trinajstić information content (AvgIpc) is 2.38. The highest BCUT2D eigenvalue weighted by atomic mass is 16.5. The number of nitrogens with zero attached hydrogens (tertiary/aromatic N) is 1. The fourth-order valence-electron chi connectivity index (χ4n) is 1.87. The van der Waals surface area contributed by atoms with Crippen LogP contribution in [0.2, 0.25) is 0 Å². The van der Waals surface area contributed by atoms with Crippen molar-refractivity contribution in [3.63, 3.8) is 0 Å². The number of nitriles is 1. The van der Waals surface area contributed by atoms with Gasteiger partial charge in [-0.3, -0.25) is 0 Å². The molecule has 0 unspecified atom stereocenters. The lowest BCUT2D eigenvalue weighted by molar-refractivity contribution is 0.207. The van der Waals surface area contributed by atoms with Gasteiger partial charge in [0, 0.05) is 19.7 Å². The van der Waals surface area contributed by atoms with Crippen LogP contribution in [-0.4, -0.2) is 25.4 Å². The maximum atomic E-state index is 8.97. The lowest BCUT2D eigenvalue weighted by atomic mass is 9.90. The van der Waals surface area contributed by atoms with E-state index < -0.39 is 0 Å². The Labute approximate surface area is 115 Å². The molecule has 0 amide bonds. The van der Waals surface area contributed by atoms with Crippen LogP contribution in [-0.2, 0) is 6.54 Å². The van der Waals surface area contributed by atoms with Gasteiger partial charge in [0.25, 0.3) is 0 Å². The summed E-state index contributed by atoms with van der Waals surface area (Å²) in [6.07, 6.45) is 0.774. The fraction of sp³-hybridized carbons (Fsp3) is 0.533. The second-order valence-corrected chi connectivity index (χ2v) is 5.39. The van der Waals surface area contributed by atoms with E-state index in [4.69, 9.17) is 15.1 Å². The van der Waals surface area contributed by atoms with Crippen LogP contribution in [0.5, 0.6) is 5.75 Å². The molecule has 1 aromatic carbocycles. The van der Waals surface area contributed by atoms with Crippen molar-refractivity contribution in [1.82, 2.24) is 5.32 Å². The van der Waals surface area contributed by atoms with Gasteiger partial charge in [-0.2, -0.15) is 5.26 Å². The van der Waals surface area contributed by atoms with Crippen molar-refractivity contribution >= 4 is 0 Å². The van der Waals surface area contributed by atoms with E-state index in [0.29, 0.717) is 11.3 Å². The van der Waals surface area contributed by atoms with Gasteiger partial charge < -0.3 is 15.2 Å². The minimum absolute atomic E-state index is 0.0748. The van der Waals surface area contributed by atoms with Crippen molar-refractivity contribution in [3.8, 4) is 11.8 Å². The number of methoxy groups -OCH3 is 1. The molecular weight excluding hydrogens is 240 g/mol. The molecule has 1 aromatic rings. The molecule has 0 saturated heterocycles. The van der Waals surface area contributed by atoms with Crippen LogP contribution in [0, 0.1) is 16.7 Å². The predicted molar refractivity (Wildman–Crippen MR) is 74.9 cm³/mol. The number of aliphatic hydroxyl groups excluding tert-OH is 1. The van der Waals surface area contributed by atoms with E-state index in [1.54, 1.807) is 13.2 Å². The monoisotopic (exact) mass is 262 g/mol. The Kier molecular flexibility index (Phi) is 5.81. The standard InChI is InChI=1S/C15H22N2O2/c1-15(2,6-7-18)11-17-10-12-4-5-13(9-16)14(8-12)19-3/h4-5,8,17-18H,6-7,10-11H2,1-3H3. The van der Waals surface area contributed by atoms with Gasteiger partial charge in [-0.05, 0) is 29.5 Å². The first-order chi connectivity index (χ1) is 9.02. The van der Waals surface area contributed by atoms with E-state index in [2.05, 4.69) is 25.2 Å². The molecule has 0 fully saturated rings. The van der Waals surface area contributed by atoms with Gasteiger partial charge in [0.2, 0.25) is 0 Å². The Hall–Kier alpha value is -1.57. The van der Waals surface area contributed by atoms with Gasteiger partial charge in [-0.1, -0.05) is 19.9 Å². The Morgan fingerprint density at radius 1 is 1.42 bits per heavy atom.